The van der Waals surface area contributed by atoms with Gasteiger partial charge in [0.1, 0.15) is 22.7 Å². The van der Waals surface area contributed by atoms with E-state index in [0.717, 1.165) is 5.56 Å². The molecule has 7 nitrogen and oxygen atoms in total. The van der Waals surface area contributed by atoms with E-state index in [4.69, 9.17) is 9.47 Å². The molecule has 5 aliphatic rings. The number of ketones is 1. The number of allylic oxidation sites excluding steroid dienone is 1. The normalized spacial score (nSPS) is 52.3. The van der Waals surface area contributed by atoms with Crippen molar-refractivity contribution in [3.05, 3.63) is 48.0 Å². The van der Waals surface area contributed by atoms with Gasteiger partial charge in [-0.1, -0.05) is 56.3 Å². The summed E-state index contributed by atoms with van der Waals surface area (Å²) in [6, 6.07) is 9.59. The van der Waals surface area contributed by atoms with Crippen LogP contribution >= 0.6 is 0 Å². The summed E-state index contributed by atoms with van der Waals surface area (Å²) in [7, 11) is 0. The van der Waals surface area contributed by atoms with E-state index in [1.54, 1.807) is 0 Å². The Kier molecular flexibility index (Phi) is 4.99. The molecule has 12 atom stereocenters. The van der Waals surface area contributed by atoms with Gasteiger partial charge in [-0.3, -0.25) is 9.59 Å². The van der Waals surface area contributed by atoms with Crippen LogP contribution in [0.15, 0.2) is 42.5 Å². The van der Waals surface area contributed by atoms with E-state index < -0.39 is 52.9 Å². The summed E-state index contributed by atoms with van der Waals surface area (Å²) >= 11 is 0. The minimum atomic E-state index is -1.50. The van der Waals surface area contributed by atoms with Gasteiger partial charge in [-0.25, -0.2) is 0 Å². The standard InChI is InChI=1S/C28H35NO6/c1-14-9-8-12-17-23(31)27(4)26(3,35-27)22-18(13-16-10-6-5-7-11-16)29-25(33)28(17,22)24(32)21-20(34-21)15(2)19(14)30/h5-8,10-12,14-15,17-23,30-31H,9,13H2,1-4H3,(H,29,33)/t14-,15+,17-,18-,19+,20-,21+,22+,23-,26+,27-,28-/m0/s1. The predicted molar refractivity (Wildman–Crippen MR) is 127 cm³/mol. The number of Topliss-reactive ketones (excluding diaryl/α,β-unsaturated/α-hetero) is 1. The number of fused-ring (bicyclic) bond motifs is 3. The molecular weight excluding hydrogens is 446 g/mol. The highest BCUT2D eigenvalue weighted by Crippen LogP contribution is 2.70. The van der Waals surface area contributed by atoms with Gasteiger partial charge in [0.2, 0.25) is 5.91 Å². The first-order valence-corrected chi connectivity index (χ1v) is 12.8. The topological polar surface area (TPSA) is 112 Å². The van der Waals surface area contributed by atoms with E-state index in [0.29, 0.717) is 12.8 Å². The average molecular weight is 482 g/mol. The molecule has 1 aromatic carbocycles. The Morgan fingerprint density at radius 1 is 1.09 bits per heavy atom. The molecule has 3 aliphatic heterocycles. The maximum absolute atomic E-state index is 14.4. The van der Waals surface area contributed by atoms with Crippen LogP contribution in [0, 0.1) is 29.1 Å². The van der Waals surface area contributed by atoms with Crippen molar-refractivity contribution in [3.63, 3.8) is 0 Å². The highest BCUT2D eigenvalue weighted by molar-refractivity contribution is 6.12. The van der Waals surface area contributed by atoms with Crippen molar-refractivity contribution in [2.45, 2.75) is 82.2 Å². The average Bonchev–Trinajstić information content (AvgIpc) is 3.71. The summed E-state index contributed by atoms with van der Waals surface area (Å²) in [5.41, 5.74) is -2.14. The molecule has 4 fully saturated rings. The number of epoxide rings is 2. The van der Waals surface area contributed by atoms with E-state index in [9.17, 15) is 19.8 Å². The lowest BCUT2D eigenvalue weighted by atomic mass is 9.50. The first-order valence-electron chi connectivity index (χ1n) is 12.8. The first kappa shape index (κ1) is 23.3. The van der Waals surface area contributed by atoms with Crippen LogP contribution in [0.25, 0.3) is 0 Å². The fraction of sp³-hybridized carbons (Fsp3) is 0.643. The summed E-state index contributed by atoms with van der Waals surface area (Å²) in [5, 5.41) is 25.6. The zero-order valence-corrected chi connectivity index (χ0v) is 20.7. The smallest absolute Gasteiger partial charge is 0.235 e. The van der Waals surface area contributed by atoms with Crippen LogP contribution in [0.1, 0.15) is 39.7 Å². The van der Waals surface area contributed by atoms with Crippen LogP contribution in [0.4, 0.5) is 0 Å². The first-order chi connectivity index (χ1) is 16.6. The second-order valence-corrected chi connectivity index (χ2v) is 11.8. The fourth-order valence-electron chi connectivity index (χ4n) is 7.72. The lowest BCUT2D eigenvalue weighted by Crippen LogP contribution is -2.64. The molecule has 0 unspecified atom stereocenters. The summed E-state index contributed by atoms with van der Waals surface area (Å²) in [5.74, 6) is -2.15. The molecule has 7 heteroatoms. The molecule has 1 spiro atoms. The van der Waals surface area contributed by atoms with Gasteiger partial charge in [0, 0.05) is 23.8 Å². The molecule has 1 aromatic rings. The molecule has 0 aromatic heterocycles. The number of nitrogens with one attached hydrogen (secondary N) is 1. The largest absolute Gasteiger partial charge is 0.392 e. The molecule has 2 aliphatic carbocycles. The zero-order chi connectivity index (χ0) is 24.9. The Hall–Kier alpha value is -2.06. The molecule has 3 heterocycles. The number of rotatable bonds is 2. The summed E-state index contributed by atoms with van der Waals surface area (Å²) in [6.45, 7) is 7.69. The Morgan fingerprint density at radius 2 is 1.80 bits per heavy atom. The molecule has 188 valence electrons. The van der Waals surface area contributed by atoms with Gasteiger partial charge >= 0.3 is 0 Å². The van der Waals surface area contributed by atoms with Crippen LogP contribution in [0.2, 0.25) is 0 Å². The SMILES string of the molecule is C[C@@H]1[C@H](O)[C@@H](C)CC=C[C@H]2[C@H](O)[C@]3(C)O[C@]3(C)[C@H]3[C@H](Cc4ccccc4)NC(=O)[C@@]23C(=O)[C@@H]2O[C@@H]12. The van der Waals surface area contributed by atoms with Crippen LogP contribution in [-0.2, 0) is 25.5 Å². The van der Waals surface area contributed by atoms with Crippen LogP contribution in [-0.4, -0.2) is 63.6 Å². The molecular formula is C28H35NO6. The van der Waals surface area contributed by atoms with Crippen molar-refractivity contribution in [2.24, 2.45) is 29.1 Å². The third kappa shape index (κ3) is 2.92. The third-order valence-electron chi connectivity index (χ3n) is 9.96. The number of amides is 1. The number of aliphatic hydroxyl groups excluding tert-OH is 2. The molecule has 1 saturated carbocycles. The van der Waals surface area contributed by atoms with Gasteiger partial charge in [0.05, 0.1) is 18.3 Å². The van der Waals surface area contributed by atoms with Crippen LogP contribution in [0.5, 0.6) is 0 Å². The molecule has 3 N–H and O–H groups in total. The van der Waals surface area contributed by atoms with Crippen molar-refractivity contribution in [2.75, 3.05) is 0 Å². The maximum atomic E-state index is 14.4. The number of hydrogen-bond donors (Lipinski definition) is 3. The number of carbonyl (C=O) groups excluding carboxylic acids is 2. The highest BCUT2D eigenvalue weighted by atomic mass is 16.6. The Morgan fingerprint density at radius 3 is 2.51 bits per heavy atom. The monoisotopic (exact) mass is 481 g/mol. The van der Waals surface area contributed by atoms with Crippen molar-refractivity contribution >= 4 is 11.7 Å². The number of aliphatic hydroxyl groups is 2. The van der Waals surface area contributed by atoms with Crippen molar-refractivity contribution in [1.29, 1.82) is 0 Å². The fourth-order valence-corrected chi connectivity index (χ4v) is 7.72. The number of benzene rings is 1. The second kappa shape index (κ2) is 7.48. The summed E-state index contributed by atoms with van der Waals surface area (Å²) < 4.78 is 12.2. The lowest BCUT2D eigenvalue weighted by molar-refractivity contribution is -0.154. The minimum Gasteiger partial charge on any atom is -0.392 e. The summed E-state index contributed by atoms with van der Waals surface area (Å²) in [6.07, 6.45) is 2.03. The lowest BCUT2D eigenvalue weighted by Gasteiger charge is -2.47. The van der Waals surface area contributed by atoms with E-state index in [-0.39, 0.29) is 29.6 Å². The van der Waals surface area contributed by atoms with Crippen molar-refractivity contribution in [1.82, 2.24) is 5.32 Å². The van der Waals surface area contributed by atoms with E-state index in [1.807, 2.05) is 70.2 Å². The van der Waals surface area contributed by atoms with E-state index in [1.165, 1.54) is 0 Å². The Bertz CT molecular complexity index is 1090. The molecule has 3 saturated heterocycles. The molecule has 1 amide bonds. The third-order valence-corrected chi connectivity index (χ3v) is 9.96. The maximum Gasteiger partial charge on any atom is 0.235 e. The Labute approximate surface area is 205 Å². The van der Waals surface area contributed by atoms with Crippen LogP contribution in [0.3, 0.4) is 0 Å². The highest BCUT2D eigenvalue weighted by Gasteiger charge is 2.86. The number of carbonyl (C=O) groups is 2. The molecule has 35 heavy (non-hydrogen) atoms. The van der Waals surface area contributed by atoms with Crippen molar-refractivity contribution in [3.8, 4) is 0 Å². The molecule has 6 rings (SSSR count). The summed E-state index contributed by atoms with van der Waals surface area (Å²) in [4.78, 5) is 28.4. The van der Waals surface area contributed by atoms with Crippen molar-refractivity contribution < 1.29 is 29.3 Å². The van der Waals surface area contributed by atoms with Gasteiger partial charge in [-0.15, -0.1) is 0 Å². The van der Waals surface area contributed by atoms with Gasteiger partial charge in [-0.2, -0.15) is 0 Å². The minimum absolute atomic E-state index is 0.0481. The quantitative estimate of drug-likeness (QED) is 0.337. The van der Waals surface area contributed by atoms with Crippen LogP contribution < -0.4 is 5.32 Å². The number of ether oxygens (including phenoxy) is 2. The zero-order valence-electron chi connectivity index (χ0n) is 20.7. The molecule has 0 bridgehead atoms. The van der Waals surface area contributed by atoms with Gasteiger partial charge < -0.3 is 25.0 Å². The van der Waals surface area contributed by atoms with E-state index in [2.05, 4.69) is 5.32 Å². The second-order valence-electron chi connectivity index (χ2n) is 11.8. The van der Waals surface area contributed by atoms with Gasteiger partial charge in [0.25, 0.3) is 0 Å². The number of hydrogen-bond acceptors (Lipinski definition) is 6. The van der Waals surface area contributed by atoms with Gasteiger partial charge in [0.15, 0.2) is 5.78 Å². The van der Waals surface area contributed by atoms with E-state index >= 15 is 0 Å². The Balaban J connectivity index is 1.50. The molecule has 0 radical (unpaired) electrons. The predicted octanol–water partition coefficient (Wildman–Crippen LogP) is 1.80. The van der Waals surface area contributed by atoms with Gasteiger partial charge in [-0.05, 0) is 38.2 Å².